The van der Waals surface area contributed by atoms with Gasteiger partial charge in [0.2, 0.25) is 0 Å². The highest BCUT2D eigenvalue weighted by molar-refractivity contribution is 5.00. The van der Waals surface area contributed by atoms with Crippen LogP contribution in [0.2, 0.25) is 0 Å². The van der Waals surface area contributed by atoms with Gasteiger partial charge in [-0.05, 0) is 27.7 Å². The summed E-state index contributed by atoms with van der Waals surface area (Å²) in [5.41, 5.74) is 0.639. The first-order chi connectivity index (χ1) is 4.93. The minimum Gasteiger partial charge on any atom is -0.300 e. The molecule has 0 unspecified atom stereocenters. The fourth-order valence-electron chi connectivity index (χ4n) is 1.21. The molecule has 2 nitrogen and oxygen atoms in total. The molecule has 1 aromatic rings. The van der Waals surface area contributed by atoms with Crippen LogP contribution >= 0.6 is 0 Å². The van der Waals surface area contributed by atoms with Crippen LogP contribution in [0.1, 0.15) is 26.5 Å². The van der Waals surface area contributed by atoms with E-state index in [0.717, 1.165) is 5.69 Å². The van der Waals surface area contributed by atoms with Gasteiger partial charge in [0, 0.05) is 11.2 Å². The molecule has 0 N–H and O–H groups in total. The highest BCUT2D eigenvalue weighted by Gasteiger charge is 2.18. The molecule has 1 rings (SSSR count). The molecular formula is C8H13FN2. The lowest BCUT2D eigenvalue weighted by atomic mass is 10.1. The van der Waals surface area contributed by atoms with Gasteiger partial charge in [0.1, 0.15) is 0 Å². The average molecular weight is 156 g/mol. The summed E-state index contributed by atoms with van der Waals surface area (Å²) in [6, 6.07) is 0. The van der Waals surface area contributed by atoms with Gasteiger partial charge < -0.3 is 0 Å². The third-order valence-corrected chi connectivity index (χ3v) is 1.57. The minimum atomic E-state index is -0.407. The van der Waals surface area contributed by atoms with Gasteiger partial charge in [0.05, 0.1) is 6.20 Å². The van der Waals surface area contributed by atoms with E-state index in [2.05, 4.69) is 4.98 Å². The Hall–Kier alpha value is -0.860. The summed E-state index contributed by atoms with van der Waals surface area (Å²) in [4.78, 5) is 3.58. The van der Waals surface area contributed by atoms with Crippen LogP contribution in [0.15, 0.2) is 6.20 Å². The summed E-state index contributed by atoms with van der Waals surface area (Å²) < 4.78 is 14.5. The Bertz CT molecular complexity index is 238. The highest BCUT2D eigenvalue weighted by Crippen LogP contribution is 2.17. The topological polar surface area (TPSA) is 17.8 Å². The zero-order valence-electron chi connectivity index (χ0n) is 7.35. The molecule has 0 atom stereocenters. The lowest BCUT2D eigenvalue weighted by molar-refractivity contribution is 0.321. The van der Waals surface area contributed by atoms with Crippen LogP contribution in [0.4, 0.5) is 4.39 Å². The van der Waals surface area contributed by atoms with Gasteiger partial charge in [0.25, 0.3) is 6.08 Å². The Morgan fingerprint density at radius 2 is 2.00 bits per heavy atom. The molecule has 0 spiro atoms. The van der Waals surface area contributed by atoms with Crippen LogP contribution in [0.25, 0.3) is 0 Å². The number of halogens is 1. The second-order valence-electron chi connectivity index (χ2n) is 3.67. The van der Waals surface area contributed by atoms with Crippen molar-refractivity contribution in [2.45, 2.75) is 33.2 Å². The van der Waals surface area contributed by atoms with Gasteiger partial charge in [-0.2, -0.15) is 4.39 Å². The smallest absolute Gasteiger partial charge is 0.289 e. The second kappa shape index (κ2) is 2.32. The number of hydrogen-bond donors (Lipinski definition) is 0. The summed E-state index contributed by atoms with van der Waals surface area (Å²) in [6.45, 7) is 7.70. The first-order valence-electron chi connectivity index (χ1n) is 3.63. The van der Waals surface area contributed by atoms with E-state index < -0.39 is 6.08 Å². The number of aryl methyl sites for hydroxylation is 1. The molecule has 0 aliphatic heterocycles. The number of hydrogen-bond acceptors (Lipinski definition) is 1. The van der Waals surface area contributed by atoms with Gasteiger partial charge in [-0.3, -0.25) is 4.57 Å². The van der Waals surface area contributed by atoms with Gasteiger partial charge in [-0.1, -0.05) is 0 Å². The number of rotatable bonds is 0. The maximum Gasteiger partial charge on any atom is 0.289 e. The van der Waals surface area contributed by atoms with Crippen LogP contribution in [0.3, 0.4) is 0 Å². The van der Waals surface area contributed by atoms with Crippen molar-refractivity contribution in [2.75, 3.05) is 0 Å². The third kappa shape index (κ3) is 1.42. The summed E-state index contributed by atoms with van der Waals surface area (Å²) in [5.74, 6) is 0. The molecule has 3 heteroatoms. The standard InChI is InChI=1S/C8H13FN2/c1-6-5-10-7(9)11(6)8(2,3)4/h5H,1-4H3. The summed E-state index contributed by atoms with van der Waals surface area (Å²) >= 11 is 0. The Morgan fingerprint density at radius 1 is 1.45 bits per heavy atom. The van der Waals surface area contributed by atoms with E-state index in [1.807, 2.05) is 27.7 Å². The zero-order chi connectivity index (χ0) is 8.65. The van der Waals surface area contributed by atoms with E-state index >= 15 is 0 Å². The monoisotopic (exact) mass is 156 g/mol. The molecule has 0 aromatic carbocycles. The van der Waals surface area contributed by atoms with Crippen molar-refractivity contribution in [2.24, 2.45) is 0 Å². The lowest BCUT2D eigenvalue weighted by Crippen LogP contribution is -2.24. The van der Waals surface area contributed by atoms with Gasteiger partial charge in [0.15, 0.2) is 0 Å². The molecular weight excluding hydrogens is 143 g/mol. The fourth-order valence-corrected chi connectivity index (χ4v) is 1.21. The molecule has 0 aliphatic carbocycles. The van der Waals surface area contributed by atoms with Crippen molar-refractivity contribution < 1.29 is 4.39 Å². The molecule has 0 bridgehead atoms. The predicted molar refractivity (Wildman–Crippen MR) is 41.9 cm³/mol. The fraction of sp³-hybridized carbons (Fsp3) is 0.625. The SMILES string of the molecule is Cc1cnc(F)n1C(C)(C)C. The molecule has 0 fully saturated rings. The van der Waals surface area contributed by atoms with E-state index in [9.17, 15) is 4.39 Å². The van der Waals surface area contributed by atoms with Crippen LogP contribution < -0.4 is 0 Å². The summed E-state index contributed by atoms with van der Waals surface area (Å²) in [5, 5.41) is 0. The lowest BCUT2D eigenvalue weighted by Gasteiger charge is -2.22. The maximum atomic E-state index is 13.0. The largest absolute Gasteiger partial charge is 0.300 e. The normalized spacial score (nSPS) is 12.1. The van der Waals surface area contributed by atoms with Crippen LogP contribution in [0, 0.1) is 13.0 Å². The summed E-state index contributed by atoms with van der Waals surface area (Å²) in [6.07, 6.45) is 1.13. The number of aromatic nitrogens is 2. The van der Waals surface area contributed by atoms with Crippen LogP contribution in [0.5, 0.6) is 0 Å². The average Bonchev–Trinajstić information content (AvgIpc) is 2.08. The van der Waals surface area contributed by atoms with Crippen molar-refractivity contribution in [1.82, 2.24) is 9.55 Å². The van der Waals surface area contributed by atoms with Crippen molar-refractivity contribution in [3.8, 4) is 0 Å². The number of imidazole rings is 1. The predicted octanol–water partition coefficient (Wildman–Crippen LogP) is 2.09. The Labute approximate surface area is 66.1 Å². The van der Waals surface area contributed by atoms with Gasteiger partial charge in [-0.25, -0.2) is 4.98 Å². The van der Waals surface area contributed by atoms with Crippen LogP contribution in [-0.4, -0.2) is 9.55 Å². The molecule has 1 heterocycles. The van der Waals surface area contributed by atoms with E-state index in [4.69, 9.17) is 0 Å². The molecule has 0 radical (unpaired) electrons. The molecule has 0 amide bonds. The summed E-state index contributed by atoms with van der Waals surface area (Å²) in [7, 11) is 0. The van der Waals surface area contributed by atoms with E-state index in [0.29, 0.717) is 0 Å². The van der Waals surface area contributed by atoms with Crippen molar-refractivity contribution >= 4 is 0 Å². The number of nitrogens with zero attached hydrogens (tertiary/aromatic N) is 2. The Balaban J connectivity index is 3.21. The molecule has 0 saturated carbocycles. The zero-order valence-corrected chi connectivity index (χ0v) is 7.35. The minimum absolute atomic E-state index is 0.218. The van der Waals surface area contributed by atoms with Gasteiger partial charge in [-0.15, -0.1) is 0 Å². The Morgan fingerprint density at radius 3 is 2.18 bits per heavy atom. The van der Waals surface area contributed by atoms with Gasteiger partial charge >= 0.3 is 0 Å². The molecule has 0 aliphatic rings. The van der Waals surface area contributed by atoms with E-state index in [1.165, 1.54) is 0 Å². The van der Waals surface area contributed by atoms with Crippen molar-refractivity contribution in [3.63, 3.8) is 0 Å². The van der Waals surface area contributed by atoms with Crippen molar-refractivity contribution in [1.29, 1.82) is 0 Å². The van der Waals surface area contributed by atoms with E-state index in [1.54, 1.807) is 10.8 Å². The first kappa shape index (κ1) is 8.24. The van der Waals surface area contributed by atoms with Crippen LogP contribution in [-0.2, 0) is 5.54 Å². The highest BCUT2D eigenvalue weighted by atomic mass is 19.1. The molecule has 0 saturated heterocycles. The molecule has 1 aromatic heterocycles. The molecule has 11 heavy (non-hydrogen) atoms. The maximum absolute atomic E-state index is 13.0. The third-order valence-electron chi connectivity index (χ3n) is 1.57. The Kier molecular flexibility index (Phi) is 1.74. The molecule has 62 valence electrons. The van der Waals surface area contributed by atoms with Crippen molar-refractivity contribution in [3.05, 3.63) is 18.0 Å². The first-order valence-corrected chi connectivity index (χ1v) is 3.63. The van der Waals surface area contributed by atoms with E-state index in [-0.39, 0.29) is 5.54 Å². The second-order valence-corrected chi connectivity index (χ2v) is 3.67. The quantitative estimate of drug-likeness (QED) is 0.562.